The maximum absolute atomic E-state index is 9.35. The van der Waals surface area contributed by atoms with E-state index < -0.39 is 0 Å². The average molecular weight is 318 g/mol. The summed E-state index contributed by atoms with van der Waals surface area (Å²) in [5.41, 5.74) is 3.96. The van der Waals surface area contributed by atoms with Crippen molar-refractivity contribution >= 4 is 16.5 Å². The van der Waals surface area contributed by atoms with E-state index in [-0.39, 0.29) is 5.75 Å². The summed E-state index contributed by atoms with van der Waals surface area (Å²) >= 11 is 0. The number of fused-ring (bicyclic) bond motifs is 1. The number of unbranched alkanes of at least 4 members (excludes halogenated alkanes) is 1. The van der Waals surface area contributed by atoms with Crippen LogP contribution in [0, 0.1) is 0 Å². The van der Waals surface area contributed by atoms with Crippen molar-refractivity contribution in [2.75, 3.05) is 0 Å². The summed E-state index contributed by atoms with van der Waals surface area (Å²) in [7, 11) is 0. The number of phenolic OH excluding ortho intramolecular Hbond substituents is 1. The van der Waals surface area contributed by atoms with Gasteiger partial charge in [0.1, 0.15) is 17.1 Å². The van der Waals surface area contributed by atoms with Gasteiger partial charge < -0.3 is 9.52 Å². The molecule has 1 aromatic heterocycles. The first kappa shape index (κ1) is 16.1. The second-order valence-electron chi connectivity index (χ2n) is 6.09. The van der Waals surface area contributed by atoms with Gasteiger partial charge in [-0.1, -0.05) is 43.5 Å². The molecule has 1 heterocycles. The van der Waals surface area contributed by atoms with Gasteiger partial charge in [0.2, 0.25) is 0 Å². The molecule has 0 fully saturated rings. The molecule has 0 aliphatic rings. The smallest absolute Gasteiger partial charge is 0.134 e. The lowest BCUT2D eigenvalue weighted by molar-refractivity contribution is 0.475. The number of aryl methyl sites for hydroxylation is 1. The molecule has 0 atom stereocenters. The lowest BCUT2D eigenvalue weighted by Crippen LogP contribution is -1.89. The maximum Gasteiger partial charge on any atom is 0.134 e. The van der Waals surface area contributed by atoms with Gasteiger partial charge >= 0.3 is 0 Å². The summed E-state index contributed by atoms with van der Waals surface area (Å²) in [5, 5.41) is 10.5. The molecule has 2 aromatic carbocycles. The van der Waals surface area contributed by atoms with Crippen molar-refractivity contribution in [3.05, 3.63) is 84.7 Å². The van der Waals surface area contributed by atoms with E-state index in [1.807, 2.05) is 30.3 Å². The molecular formula is C22H22O2. The molecule has 0 aliphatic carbocycles. The van der Waals surface area contributed by atoms with Crippen LogP contribution in [0.4, 0.5) is 0 Å². The predicted octanol–water partition coefficient (Wildman–Crippen LogP) is 6.12. The van der Waals surface area contributed by atoms with E-state index in [1.165, 1.54) is 0 Å². The van der Waals surface area contributed by atoms with Crippen LogP contribution in [0.25, 0.3) is 16.5 Å². The first-order valence-corrected chi connectivity index (χ1v) is 8.27. The Morgan fingerprint density at radius 2 is 1.71 bits per heavy atom. The molecule has 0 unspecified atom stereocenters. The topological polar surface area (TPSA) is 33.4 Å². The average Bonchev–Trinajstić information content (AvgIpc) is 3.01. The molecule has 0 aliphatic heterocycles. The normalized spacial score (nSPS) is 10.8. The zero-order valence-electron chi connectivity index (χ0n) is 13.8. The Hall–Kier alpha value is -2.74. The molecule has 0 radical (unpaired) electrons. The second-order valence-corrected chi connectivity index (χ2v) is 6.09. The van der Waals surface area contributed by atoms with Gasteiger partial charge in [-0.3, -0.25) is 0 Å². The van der Waals surface area contributed by atoms with Gasteiger partial charge in [-0.15, -0.1) is 0 Å². The number of furan rings is 1. The fourth-order valence-electron chi connectivity index (χ4n) is 2.82. The van der Waals surface area contributed by atoms with Gasteiger partial charge in [0, 0.05) is 11.8 Å². The highest BCUT2D eigenvalue weighted by Gasteiger charge is 2.06. The summed E-state index contributed by atoms with van der Waals surface area (Å²) in [4.78, 5) is 0. The van der Waals surface area contributed by atoms with Crippen LogP contribution in [0.15, 0.2) is 77.7 Å². The van der Waals surface area contributed by atoms with Crippen LogP contribution in [-0.2, 0) is 6.42 Å². The minimum atomic E-state index is 0.267. The molecule has 0 bridgehead atoms. The second kappa shape index (κ2) is 7.22. The zero-order chi connectivity index (χ0) is 16.9. The van der Waals surface area contributed by atoms with Gasteiger partial charge in [-0.05, 0) is 60.2 Å². The Morgan fingerprint density at radius 1 is 0.958 bits per heavy atom. The molecule has 122 valence electrons. The predicted molar refractivity (Wildman–Crippen MR) is 100 cm³/mol. The number of allylic oxidation sites excluding steroid dienone is 2. The van der Waals surface area contributed by atoms with Crippen LogP contribution in [0.1, 0.15) is 30.6 Å². The highest BCUT2D eigenvalue weighted by Crippen LogP contribution is 2.26. The minimum absolute atomic E-state index is 0.267. The first-order valence-electron chi connectivity index (χ1n) is 8.27. The summed E-state index contributed by atoms with van der Waals surface area (Å²) in [6.45, 7) is 8.27. The van der Waals surface area contributed by atoms with Gasteiger partial charge in [-0.25, -0.2) is 0 Å². The van der Waals surface area contributed by atoms with E-state index in [2.05, 4.69) is 25.3 Å². The van der Waals surface area contributed by atoms with E-state index in [1.54, 1.807) is 12.1 Å². The van der Waals surface area contributed by atoms with Crippen molar-refractivity contribution in [2.45, 2.75) is 25.7 Å². The highest BCUT2D eigenvalue weighted by molar-refractivity contribution is 5.78. The van der Waals surface area contributed by atoms with Gasteiger partial charge in [0.25, 0.3) is 0 Å². The third-order valence-corrected chi connectivity index (χ3v) is 4.27. The quantitative estimate of drug-likeness (QED) is 0.420. The SMILES string of the molecule is C=C(CCCCc1cc2ccccc2o1)C(=C)c1ccc(O)cc1. The standard InChI is InChI=1S/C22H22O2/c1-16(17(2)18-11-13-20(23)14-12-18)7-3-5-9-21-15-19-8-4-6-10-22(19)24-21/h4,6,8,10-15,23H,1-3,5,7,9H2. The van der Waals surface area contributed by atoms with Crippen LogP contribution in [-0.4, -0.2) is 5.11 Å². The summed E-state index contributed by atoms with van der Waals surface area (Å²) in [6, 6.07) is 17.3. The largest absolute Gasteiger partial charge is 0.508 e. The summed E-state index contributed by atoms with van der Waals surface area (Å²) in [5.74, 6) is 1.31. The van der Waals surface area contributed by atoms with Crippen LogP contribution >= 0.6 is 0 Å². The van der Waals surface area contributed by atoms with E-state index in [0.717, 1.165) is 59.1 Å². The number of rotatable bonds is 7. The molecule has 24 heavy (non-hydrogen) atoms. The van der Waals surface area contributed by atoms with Crippen molar-refractivity contribution in [2.24, 2.45) is 0 Å². The van der Waals surface area contributed by atoms with Gasteiger partial charge in [0.15, 0.2) is 0 Å². The Bertz CT molecular complexity index is 820. The summed E-state index contributed by atoms with van der Waals surface area (Å²) < 4.78 is 5.84. The first-order chi connectivity index (χ1) is 11.6. The Kier molecular flexibility index (Phi) is 4.85. The third kappa shape index (κ3) is 3.77. The Balaban J connectivity index is 1.48. The minimum Gasteiger partial charge on any atom is -0.508 e. The van der Waals surface area contributed by atoms with Crippen molar-refractivity contribution in [1.29, 1.82) is 0 Å². The lowest BCUT2D eigenvalue weighted by Gasteiger charge is -2.09. The molecule has 3 aromatic rings. The molecular weight excluding hydrogens is 296 g/mol. The maximum atomic E-state index is 9.35. The Morgan fingerprint density at radius 3 is 2.46 bits per heavy atom. The fourth-order valence-corrected chi connectivity index (χ4v) is 2.82. The van der Waals surface area contributed by atoms with Crippen LogP contribution < -0.4 is 0 Å². The van der Waals surface area contributed by atoms with Crippen molar-refractivity contribution < 1.29 is 9.52 Å². The fraction of sp³-hybridized carbons (Fsp3) is 0.182. The molecule has 0 spiro atoms. The number of benzene rings is 2. The van der Waals surface area contributed by atoms with Crippen LogP contribution in [0.5, 0.6) is 5.75 Å². The van der Waals surface area contributed by atoms with Crippen LogP contribution in [0.3, 0.4) is 0 Å². The number of para-hydroxylation sites is 1. The number of phenols is 1. The molecule has 3 rings (SSSR count). The highest BCUT2D eigenvalue weighted by atomic mass is 16.3. The lowest BCUT2D eigenvalue weighted by atomic mass is 9.96. The Labute approximate surface area is 142 Å². The van der Waals surface area contributed by atoms with Crippen molar-refractivity contribution in [1.82, 2.24) is 0 Å². The molecule has 0 saturated carbocycles. The van der Waals surface area contributed by atoms with E-state index in [0.29, 0.717) is 0 Å². The molecule has 1 N–H and O–H groups in total. The van der Waals surface area contributed by atoms with Gasteiger partial charge in [-0.2, -0.15) is 0 Å². The van der Waals surface area contributed by atoms with E-state index in [4.69, 9.17) is 4.42 Å². The third-order valence-electron chi connectivity index (χ3n) is 4.27. The molecule has 0 saturated heterocycles. The number of hydrogen-bond acceptors (Lipinski definition) is 2. The van der Waals surface area contributed by atoms with Crippen LogP contribution in [0.2, 0.25) is 0 Å². The number of hydrogen-bond donors (Lipinski definition) is 1. The van der Waals surface area contributed by atoms with Crippen molar-refractivity contribution in [3.8, 4) is 5.75 Å². The van der Waals surface area contributed by atoms with E-state index >= 15 is 0 Å². The van der Waals surface area contributed by atoms with Crippen molar-refractivity contribution in [3.63, 3.8) is 0 Å². The molecule has 2 nitrogen and oxygen atoms in total. The van der Waals surface area contributed by atoms with E-state index in [9.17, 15) is 5.11 Å². The molecule has 0 amide bonds. The monoisotopic (exact) mass is 318 g/mol. The zero-order valence-corrected chi connectivity index (χ0v) is 13.8. The van der Waals surface area contributed by atoms with Gasteiger partial charge in [0.05, 0.1) is 0 Å². The summed E-state index contributed by atoms with van der Waals surface area (Å²) in [6.07, 6.45) is 3.96. The molecule has 2 heteroatoms. The number of aromatic hydroxyl groups is 1.